The number of nitrogens with zero attached hydrogens (tertiary/aromatic N) is 1. The molecule has 0 amide bonds. The van der Waals surface area contributed by atoms with Crippen LogP contribution in [0.4, 0.5) is 0 Å². The van der Waals surface area contributed by atoms with Crippen LogP contribution in [0.25, 0.3) is 0 Å². The summed E-state index contributed by atoms with van der Waals surface area (Å²) in [5, 5.41) is 0. The van der Waals surface area contributed by atoms with Crippen molar-refractivity contribution in [2.45, 2.75) is 65.2 Å². The van der Waals surface area contributed by atoms with E-state index in [0.717, 1.165) is 12.4 Å². The van der Waals surface area contributed by atoms with Gasteiger partial charge in [0.05, 0.1) is 32.6 Å². The normalized spacial score (nSPS) is 14.8. The summed E-state index contributed by atoms with van der Waals surface area (Å²) in [4.78, 5) is 0. The van der Waals surface area contributed by atoms with Crippen molar-refractivity contribution in [3.63, 3.8) is 0 Å². The largest absolute Gasteiger partial charge is 0.325 e. The molecule has 1 unspecified atom stereocenters. The summed E-state index contributed by atoms with van der Waals surface area (Å²) in [6.45, 7) is 8.32. The molecule has 17 heavy (non-hydrogen) atoms. The Labute approximate surface area is 114 Å². The van der Waals surface area contributed by atoms with Crippen molar-refractivity contribution in [2.24, 2.45) is 0 Å². The molecular weight excluding hydrogens is 230 g/mol. The van der Waals surface area contributed by atoms with Gasteiger partial charge in [0, 0.05) is 0 Å². The molecule has 0 fully saturated rings. The van der Waals surface area contributed by atoms with Crippen molar-refractivity contribution >= 4 is 11.6 Å². The van der Waals surface area contributed by atoms with Crippen LogP contribution in [0.15, 0.2) is 0 Å². The molecular formula is C15H33ClN+. The highest BCUT2D eigenvalue weighted by atomic mass is 35.5. The van der Waals surface area contributed by atoms with Crippen LogP contribution in [0.2, 0.25) is 0 Å². The lowest BCUT2D eigenvalue weighted by molar-refractivity contribution is -0.907. The SMILES string of the molecule is CCCCCCC[N+](C)(CCCl)CCCCC. The summed E-state index contributed by atoms with van der Waals surface area (Å²) in [6.07, 6.45) is 11.0. The van der Waals surface area contributed by atoms with E-state index < -0.39 is 0 Å². The molecule has 0 aromatic rings. The molecule has 0 aliphatic carbocycles. The fraction of sp³-hybridized carbons (Fsp3) is 1.00. The smallest absolute Gasteiger partial charge is 0.0922 e. The van der Waals surface area contributed by atoms with Gasteiger partial charge in [-0.3, -0.25) is 0 Å². The average molecular weight is 263 g/mol. The predicted octanol–water partition coefficient (Wildman–Crippen LogP) is 4.83. The molecule has 0 saturated heterocycles. The summed E-state index contributed by atoms with van der Waals surface area (Å²) < 4.78 is 1.19. The molecule has 0 aliphatic rings. The van der Waals surface area contributed by atoms with Gasteiger partial charge >= 0.3 is 0 Å². The zero-order chi connectivity index (χ0) is 13.0. The van der Waals surface area contributed by atoms with E-state index in [-0.39, 0.29) is 0 Å². The third-order valence-electron chi connectivity index (χ3n) is 3.73. The highest BCUT2D eigenvalue weighted by Crippen LogP contribution is 2.12. The third kappa shape index (κ3) is 9.91. The Kier molecular flexibility index (Phi) is 11.5. The predicted molar refractivity (Wildman–Crippen MR) is 79.8 cm³/mol. The van der Waals surface area contributed by atoms with Crippen molar-refractivity contribution in [3.05, 3.63) is 0 Å². The standard InChI is InChI=1S/C15H33ClN/c1-4-6-8-9-11-14-17(3,15-12-16)13-10-7-5-2/h4-15H2,1-3H3/q+1. The second-order valence-corrected chi connectivity index (χ2v) is 5.98. The maximum Gasteiger partial charge on any atom is 0.0922 e. The number of hydrogen-bond donors (Lipinski definition) is 0. The third-order valence-corrected chi connectivity index (χ3v) is 3.90. The Morgan fingerprint density at radius 3 is 1.71 bits per heavy atom. The van der Waals surface area contributed by atoms with Gasteiger partial charge < -0.3 is 4.48 Å². The fourth-order valence-electron chi connectivity index (χ4n) is 2.38. The highest BCUT2D eigenvalue weighted by Gasteiger charge is 2.19. The van der Waals surface area contributed by atoms with Crippen LogP contribution in [0, 0.1) is 0 Å². The number of rotatable bonds is 12. The van der Waals surface area contributed by atoms with Gasteiger partial charge in [-0.1, -0.05) is 39.5 Å². The number of hydrogen-bond acceptors (Lipinski definition) is 0. The number of halogens is 1. The van der Waals surface area contributed by atoms with Gasteiger partial charge in [0.15, 0.2) is 0 Å². The van der Waals surface area contributed by atoms with Gasteiger partial charge in [0.2, 0.25) is 0 Å². The number of alkyl halides is 1. The van der Waals surface area contributed by atoms with Crippen molar-refractivity contribution in [3.8, 4) is 0 Å². The van der Waals surface area contributed by atoms with Crippen LogP contribution in [0.3, 0.4) is 0 Å². The molecule has 1 nitrogen and oxygen atoms in total. The summed E-state index contributed by atoms with van der Waals surface area (Å²) in [5.41, 5.74) is 0. The summed E-state index contributed by atoms with van der Waals surface area (Å²) in [6, 6.07) is 0. The van der Waals surface area contributed by atoms with E-state index in [1.807, 2.05) is 0 Å². The van der Waals surface area contributed by atoms with E-state index >= 15 is 0 Å². The summed E-state index contributed by atoms with van der Waals surface area (Å²) in [5.74, 6) is 0.803. The van der Waals surface area contributed by atoms with Crippen molar-refractivity contribution in [1.82, 2.24) is 0 Å². The van der Waals surface area contributed by atoms with Crippen molar-refractivity contribution in [2.75, 3.05) is 32.6 Å². The maximum atomic E-state index is 5.95. The Morgan fingerprint density at radius 1 is 0.706 bits per heavy atom. The topological polar surface area (TPSA) is 0 Å². The van der Waals surface area contributed by atoms with Gasteiger partial charge in [0.1, 0.15) is 0 Å². The Balaban J connectivity index is 3.77. The van der Waals surface area contributed by atoms with Crippen molar-refractivity contribution in [1.29, 1.82) is 0 Å². The molecule has 0 N–H and O–H groups in total. The van der Waals surface area contributed by atoms with Gasteiger partial charge in [-0.25, -0.2) is 0 Å². The zero-order valence-electron chi connectivity index (χ0n) is 12.3. The lowest BCUT2D eigenvalue weighted by atomic mass is 10.1. The van der Waals surface area contributed by atoms with Gasteiger partial charge in [0.25, 0.3) is 0 Å². The first-order valence-corrected chi connectivity index (χ1v) is 8.11. The molecule has 0 aromatic heterocycles. The molecule has 2 heteroatoms. The van der Waals surface area contributed by atoms with E-state index in [1.54, 1.807) is 0 Å². The van der Waals surface area contributed by atoms with E-state index in [9.17, 15) is 0 Å². The lowest BCUT2D eigenvalue weighted by Gasteiger charge is -2.34. The van der Waals surface area contributed by atoms with Crippen LogP contribution in [0.1, 0.15) is 65.2 Å². The van der Waals surface area contributed by atoms with E-state index in [0.29, 0.717) is 0 Å². The molecule has 0 saturated carbocycles. The quantitative estimate of drug-likeness (QED) is 0.268. The van der Waals surface area contributed by atoms with Gasteiger partial charge in [-0.05, 0) is 25.7 Å². The molecule has 1 atom stereocenters. The Morgan fingerprint density at radius 2 is 1.18 bits per heavy atom. The number of quaternary nitrogens is 1. The van der Waals surface area contributed by atoms with Crippen LogP contribution in [-0.2, 0) is 0 Å². The minimum atomic E-state index is 0.803. The summed E-state index contributed by atoms with van der Waals surface area (Å²) >= 11 is 5.95. The molecule has 0 radical (unpaired) electrons. The van der Waals surface area contributed by atoms with Crippen LogP contribution >= 0.6 is 11.6 Å². The first-order chi connectivity index (χ1) is 8.18. The van der Waals surface area contributed by atoms with Crippen LogP contribution in [-0.4, -0.2) is 37.0 Å². The maximum absolute atomic E-state index is 5.95. The molecule has 0 bridgehead atoms. The number of unbranched alkanes of at least 4 members (excludes halogenated alkanes) is 6. The van der Waals surface area contributed by atoms with E-state index in [4.69, 9.17) is 11.6 Å². The molecule has 0 aromatic carbocycles. The lowest BCUT2D eigenvalue weighted by Crippen LogP contribution is -2.46. The van der Waals surface area contributed by atoms with Gasteiger partial charge in [-0.15, -0.1) is 11.6 Å². The second kappa shape index (κ2) is 11.3. The van der Waals surface area contributed by atoms with Gasteiger partial charge in [-0.2, -0.15) is 0 Å². The Bertz CT molecular complexity index is 161. The minimum Gasteiger partial charge on any atom is -0.325 e. The molecule has 0 rings (SSSR count). The fourth-order valence-corrected chi connectivity index (χ4v) is 2.79. The van der Waals surface area contributed by atoms with Crippen molar-refractivity contribution < 1.29 is 4.48 Å². The first kappa shape index (κ1) is 17.2. The van der Waals surface area contributed by atoms with Crippen LogP contribution in [0.5, 0.6) is 0 Å². The minimum absolute atomic E-state index is 0.803. The summed E-state index contributed by atoms with van der Waals surface area (Å²) in [7, 11) is 2.39. The molecule has 0 heterocycles. The molecule has 0 aliphatic heterocycles. The molecule has 0 spiro atoms. The van der Waals surface area contributed by atoms with E-state index in [1.165, 1.54) is 68.9 Å². The zero-order valence-corrected chi connectivity index (χ0v) is 13.1. The first-order valence-electron chi connectivity index (χ1n) is 7.58. The monoisotopic (exact) mass is 262 g/mol. The highest BCUT2D eigenvalue weighted by molar-refractivity contribution is 6.17. The van der Waals surface area contributed by atoms with Crippen LogP contribution < -0.4 is 0 Å². The second-order valence-electron chi connectivity index (χ2n) is 5.60. The Hall–Kier alpha value is 0.250. The molecule has 104 valence electrons. The average Bonchev–Trinajstić information content (AvgIpc) is 2.29. The van der Waals surface area contributed by atoms with E-state index in [2.05, 4.69) is 20.9 Å².